The Morgan fingerprint density at radius 1 is 1.11 bits per heavy atom. The lowest BCUT2D eigenvalue weighted by Gasteiger charge is -2.12. The summed E-state index contributed by atoms with van der Waals surface area (Å²) in [7, 11) is 3.11. The van der Waals surface area contributed by atoms with Gasteiger partial charge < -0.3 is 19.2 Å². The van der Waals surface area contributed by atoms with Crippen LogP contribution in [0.3, 0.4) is 0 Å². The van der Waals surface area contributed by atoms with Crippen molar-refractivity contribution in [2.45, 2.75) is 23.8 Å². The maximum atomic E-state index is 12.5. The number of rotatable bonds is 8. The first-order valence-corrected chi connectivity index (χ1v) is 9.53. The zero-order valence-electron chi connectivity index (χ0n) is 15.8. The second-order valence-electron chi connectivity index (χ2n) is 5.94. The topological polar surface area (TPSA) is 86.5 Å². The summed E-state index contributed by atoms with van der Waals surface area (Å²) >= 11 is 1.21. The summed E-state index contributed by atoms with van der Waals surface area (Å²) in [5.41, 5.74) is 1.70. The largest absolute Gasteiger partial charge is 0.493 e. The van der Waals surface area contributed by atoms with Crippen LogP contribution in [0, 0.1) is 0 Å². The molecule has 8 heteroatoms. The highest BCUT2D eigenvalue weighted by Crippen LogP contribution is 2.30. The van der Waals surface area contributed by atoms with Gasteiger partial charge >= 0.3 is 0 Å². The van der Waals surface area contributed by atoms with Crippen LogP contribution in [0.5, 0.6) is 11.5 Å². The lowest BCUT2D eigenvalue weighted by molar-refractivity contribution is -0.115. The van der Waals surface area contributed by atoms with Gasteiger partial charge in [0.05, 0.1) is 25.9 Å². The van der Waals surface area contributed by atoms with Gasteiger partial charge in [-0.05, 0) is 24.6 Å². The van der Waals surface area contributed by atoms with E-state index in [-0.39, 0.29) is 5.91 Å². The van der Waals surface area contributed by atoms with Crippen molar-refractivity contribution in [2.75, 3.05) is 19.5 Å². The van der Waals surface area contributed by atoms with Crippen molar-refractivity contribution < 1.29 is 18.7 Å². The Kier molecular flexibility index (Phi) is 6.54. The summed E-state index contributed by atoms with van der Waals surface area (Å²) in [4.78, 5) is 12.5. The standard InChI is InChI=1S/C20H21N3O4S/c1-13(19(24)21-15-9-10-16(25-2)17(12-15)26-3)28-20-23-22-18(27-20)11-14-7-5-4-6-8-14/h4-10,12-13H,11H2,1-3H3,(H,21,24)/t13-/m1/s1. The second-order valence-corrected chi connectivity index (χ2v) is 7.24. The maximum Gasteiger partial charge on any atom is 0.277 e. The summed E-state index contributed by atoms with van der Waals surface area (Å²) in [5, 5.41) is 10.9. The smallest absolute Gasteiger partial charge is 0.277 e. The molecule has 1 atom stereocenters. The van der Waals surface area contributed by atoms with Gasteiger partial charge in [-0.25, -0.2) is 0 Å². The number of thioether (sulfide) groups is 1. The molecular weight excluding hydrogens is 378 g/mol. The van der Waals surface area contributed by atoms with Crippen LogP contribution >= 0.6 is 11.8 Å². The molecule has 1 aromatic heterocycles. The van der Waals surface area contributed by atoms with E-state index in [4.69, 9.17) is 13.9 Å². The maximum absolute atomic E-state index is 12.5. The molecule has 2 aromatic carbocycles. The monoisotopic (exact) mass is 399 g/mol. The highest BCUT2D eigenvalue weighted by molar-refractivity contribution is 8.00. The van der Waals surface area contributed by atoms with E-state index in [2.05, 4.69) is 15.5 Å². The number of hydrogen-bond donors (Lipinski definition) is 1. The van der Waals surface area contributed by atoms with Crippen LogP contribution < -0.4 is 14.8 Å². The molecule has 3 aromatic rings. The summed E-state index contributed by atoms with van der Waals surface area (Å²) in [6, 6.07) is 15.1. The van der Waals surface area contributed by atoms with Crippen molar-refractivity contribution in [1.29, 1.82) is 0 Å². The molecule has 0 saturated carbocycles. The third-order valence-corrected chi connectivity index (χ3v) is 4.88. The molecule has 0 fully saturated rings. The molecular formula is C20H21N3O4S. The first kappa shape index (κ1) is 19.8. The average molecular weight is 399 g/mol. The van der Waals surface area contributed by atoms with E-state index < -0.39 is 5.25 Å². The number of methoxy groups -OCH3 is 2. The SMILES string of the molecule is COc1ccc(NC(=O)[C@@H](C)Sc2nnc(Cc3ccccc3)o2)cc1OC. The third-order valence-electron chi connectivity index (χ3n) is 3.94. The number of aromatic nitrogens is 2. The van der Waals surface area contributed by atoms with Crippen LogP contribution in [0.25, 0.3) is 0 Å². The van der Waals surface area contributed by atoms with Crippen LogP contribution in [-0.2, 0) is 11.2 Å². The van der Waals surface area contributed by atoms with E-state index in [0.29, 0.717) is 34.7 Å². The fourth-order valence-electron chi connectivity index (χ4n) is 2.49. The van der Waals surface area contributed by atoms with Gasteiger partial charge in [0.25, 0.3) is 5.22 Å². The quantitative estimate of drug-likeness (QED) is 0.577. The van der Waals surface area contributed by atoms with Crippen molar-refractivity contribution in [3.8, 4) is 11.5 Å². The van der Waals surface area contributed by atoms with E-state index in [9.17, 15) is 4.79 Å². The fourth-order valence-corrected chi connectivity index (χ4v) is 3.19. The van der Waals surface area contributed by atoms with E-state index in [1.165, 1.54) is 11.8 Å². The molecule has 1 N–H and O–H groups in total. The van der Waals surface area contributed by atoms with Crippen molar-refractivity contribution in [1.82, 2.24) is 10.2 Å². The lowest BCUT2D eigenvalue weighted by Crippen LogP contribution is -2.22. The number of carbonyl (C=O) groups is 1. The zero-order chi connectivity index (χ0) is 19.9. The number of nitrogens with one attached hydrogen (secondary N) is 1. The molecule has 1 amide bonds. The average Bonchev–Trinajstić information content (AvgIpc) is 3.15. The van der Waals surface area contributed by atoms with E-state index in [1.54, 1.807) is 39.3 Å². The predicted octanol–water partition coefficient (Wildman–Crippen LogP) is 3.80. The molecule has 0 bridgehead atoms. The van der Waals surface area contributed by atoms with Crippen LogP contribution in [-0.4, -0.2) is 35.6 Å². The number of carbonyl (C=O) groups excluding carboxylic acids is 1. The molecule has 0 aliphatic carbocycles. The van der Waals surface area contributed by atoms with Crippen molar-refractivity contribution in [2.24, 2.45) is 0 Å². The Bertz CT molecular complexity index is 930. The van der Waals surface area contributed by atoms with Gasteiger partial charge in [0, 0.05) is 11.8 Å². The molecule has 28 heavy (non-hydrogen) atoms. The summed E-state index contributed by atoms with van der Waals surface area (Å²) in [6.07, 6.45) is 0.556. The minimum absolute atomic E-state index is 0.181. The number of ether oxygens (including phenoxy) is 2. The van der Waals surface area contributed by atoms with Crippen molar-refractivity contribution >= 4 is 23.4 Å². The van der Waals surface area contributed by atoms with Gasteiger partial charge in [-0.15, -0.1) is 10.2 Å². The van der Waals surface area contributed by atoms with Crippen LogP contribution in [0.4, 0.5) is 5.69 Å². The predicted molar refractivity (Wildman–Crippen MR) is 107 cm³/mol. The second kappa shape index (κ2) is 9.27. The van der Waals surface area contributed by atoms with E-state index in [1.807, 2.05) is 30.3 Å². The van der Waals surface area contributed by atoms with Gasteiger partial charge in [0.1, 0.15) is 0 Å². The van der Waals surface area contributed by atoms with Crippen LogP contribution in [0.1, 0.15) is 18.4 Å². The first-order chi connectivity index (χ1) is 13.6. The molecule has 0 radical (unpaired) electrons. The molecule has 7 nitrogen and oxygen atoms in total. The zero-order valence-corrected chi connectivity index (χ0v) is 16.7. The lowest BCUT2D eigenvalue weighted by atomic mass is 10.2. The molecule has 0 spiro atoms. The Morgan fingerprint density at radius 2 is 1.86 bits per heavy atom. The molecule has 0 aliphatic rings. The normalized spacial score (nSPS) is 11.7. The van der Waals surface area contributed by atoms with Crippen LogP contribution in [0.15, 0.2) is 58.2 Å². The molecule has 0 aliphatic heterocycles. The molecule has 0 saturated heterocycles. The van der Waals surface area contributed by atoms with E-state index >= 15 is 0 Å². The Labute approximate surface area is 167 Å². The van der Waals surface area contributed by atoms with Gasteiger partial charge in [-0.3, -0.25) is 4.79 Å². The third kappa shape index (κ3) is 5.04. The summed E-state index contributed by atoms with van der Waals surface area (Å²) in [5.74, 6) is 1.48. The number of amides is 1. The highest BCUT2D eigenvalue weighted by Gasteiger charge is 2.19. The number of anilines is 1. The Hall–Kier alpha value is -3.00. The minimum Gasteiger partial charge on any atom is -0.493 e. The first-order valence-electron chi connectivity index (χ1n) is 8.65. The Morgan fingerprint density at radius 3 is 2.57 bits per heavy atom. The number of nitrogens with zero attached hydrogens (tertiary/aromatic N) is 2. The van der Waals surface area contributed by atoms with Gasteiger partial charge in [0.15, 0.2) is 11.5 Å². The minimum atomic E-state index is -0.418. The van der Waals surface area contributed by atoms with Gasteiger partial charge in [0.2, 0.25) is 11.8 Å². The molecule has 1 heterocycles. The molecule has 146 valence electrons. The molecule has 3 rings (SSSR count). The van der Waals surface area contributed by atoms with Crippen molar-refractivity contribution in [3.05, 3.63) is 60.0 Å². The van der Waals surface area contributed by atoms with Gasteiger partial charge in [-0.2, -0.15) is 0 Å². The highest BCUT2D eigenvalue weighted by atomic mass is 32.2. The number of benzene rings is 2. The van der Waals surface area contributed by atoms with Crippen molar-refractivity contribution in [3.63, 3.8) is 0 Å². The summed E-state index contributed by atoms with van der Waals surface area (Å²) in [6.45, 7) is 1.78. The Balaban J connectivity index is 1.58. The fraction of sp³-hybridized carbons (Fsp3) is 0.250. The number of hydrogen-bond acceptors (Lipinski definition) is 7. The molecule has 0 unspecified atom stereocenters. The van der Waals surface area contributed by atoms with Gasteiger partial charge in [-0.1, -0.05) is 42.1 Å². The summed E-state index contributed by atoms with van der Waals surface area (Å²) < 4.78 is 16.1. The van der Waals surface area contributed by atoms with Crippen LogP contribution in [0.2, 0.25) is 0 Å². The van der Waals surface area contributed by atoms with E-state index in [0.717, 1.165) is 5.56 Å².